The molecule has 1 aliphatic heterocycles. The van der Waals surface area contributed by atoms with E-state index < -0.39 is 0 Å². The summed E-state index contributed by atoms with van der Waals surface area (Å²) in [5, 5.41) is 2.91. The van der Waals surface area contributed by atoms with Gasteiger partial charge in [0.2, 0.25) is 0 Å². The minimum atomic E-state index is -0.0861. The Bertz CT molecular complexity index is 502. The minimum absolute atomic E-state index is 0.0861. The average molecular weight is 290 g/mol. The zero-order valence-electron chi connectivity index (χ0n) is 12.4. The van der Waals surface area contributed by atoms with Crippen LogP contribution in [0, 0.1) is 5.92 Å². The Hall–Kier alpha value is -1.75. The minimum Gasteiger partial charge on any atom is -0.495 e. The molecule has 1 saturated carbocycles. The van der Waals surface area contributed by atoms with Gasteiger partial charge in [0, 0.05) is 19.7 Å². The van der Waals surface area contributed by atoms with Crippen molar-refractivity contribution in [3.05, 3.63) is 24.3 Å². The highest BCUT2D eigenvalue weighted by Crippen LogP contribution is 2.30. The number of hydrogen-bond donors (Lipinski definition) is 1. The van der Waals surface area contributed by atoms with Gasteiger partial charge in [0.25, 0.3) is 0 Å². The molecule has 5 heteroatoms. The molecule has 0 bridgehead atoms. The van der Waals surface area contributed by atoms with Crippen molar-refractivity contribution in [3.8, 4) is 5.75 Å². The summed E-state index contributed by atoms with van der Waals surface area (Å²) < 4.78 is 11.1. The molecule has 1 N–H and O–H groups in total. The first-order valence-corrected chi connectivity index (χ1v) is 7.57. The number of hydrogen-bond acceptors (Lipinski definition) is 3. The monoisotopic (exact) mass is 290 g/mol. The zero-order valence-corrected chi connectivity index (χ0v) is 12.4. The smallest absolute Gasteiger partial charge is 0.322 e. The van der Waals surface area contributed by atoms with Crippen LogP contribution < -0.4 is 10.1 Å². The average Bonchev–Trinajstić information content (AvgIpc) is 3.22. The zero-order chi connectivity index (χ0) is 14.7. The molecule has 0 spiro atoms. The van der Waals surface area contributed by atoms with Crippen LogP contribution in [0.4, 0.5) is 10.5 Å². The number of benzene rings is 1. The van der Waals surface area contributed by atoms with Crippen LogP contribution in [0.2, 0.25) is 0 Å². The molecular formula is C16H22N2O3. The molecule has 1 unspecified atom stereocenters. The maximum Gasteiger partial charge on any atom is 0.322 e. The number of nitrogens with one attached hydrogen (secondary N) is 1. The summed E-state index contributed by atoms with van der Waals surface area (Å²) in [5.41, 5.74) is 0.701. The summed E-state index contributed by atoms with van der Waals surface area (Å²) in [6.45, 7) is 2.27. The van der Waals surface area contributed by atoms with Crippen molar-refractivity contribution in [2.75, 3.05) is 32.1 Å². The van der Waals surface area contributed by atoms with Crippen LogP contribution in [-0.2, 0) is 4.74 Å². The van der Waals surface area contributed by atoms with E-state index in [4.69, 9.17) is 9.47 Å². The number of ether oxygens (including phenoxy) is 2. The van der Waals surface area contributed by atoms with Crippen molar-refractivity contribution in [1.29, 1.82) is 0 Å². The number of nitrogens with zero attached hydrogens (tertiary/aromatic N) is 1. The van der Waals surface area contributed by atoms with E-state index in [1.807, 2.05) is 29.2 Å². The number of para-hydroxylation sites is 2. The molecule has 2 amide bonds. The van der Waals surface area contributed by atoms with Crippen molar-refractivity contribution in [2.24, 2.45) is 5.92 Å². The lowest BCUT2D eigenvalue weighted by atomic mass is 10.3. The summed E-state index contributed by atoms with van der Waals surface area (Å²) in [5.74, 6) is 1.44. The summed E-state index contributed by atoms with van der Waals surface area (Å²) in [6, 6.07) is 7.35. The van der Waals surface area contributed by atoms with Crippen LogP contribution in [0.3, 0.4) is 0 Å². The lowest BCUT2D eigenvalue weighted by Gasteiger charge is -2.18. The van der Waals surface area contributed by atoms with Crippen LogP contribution in [0.15, 0.2) is 24.3 Å². The third-order valence-corrected chi connectivity index (χ3v) is 4.05. The second-order valence-electron chi connectivity index (χ2n) is 5.76. The molecule has 21 heavy (non-hydrogen) atoms. The number of urea groups is 1. The molecule has 1 aliphatic carbocycles. The van der Waals surface area contributed by atoms with Gasteiger partial charge in [-0.15, -0.1) is 0 Å². The highest BCUT2D eigenvalue weighted by molar-refractivity contribution is 5.91. The van der Waals surface area contributed by atoms with E-state index in [9.17, 15) is 4.79 Å². The van der Waals surface area contributed by atoms with Crippen LogP contribution in [0.1, 0.15) is 19.3 Å². The second-order valence-corrected chi connectivity index (χ2v) is 5.76. The van der Waals surface area contributed by atoms with Gasteiger partial charge in [-0.3, -0.25) is 0 Å². The molecule has 114 valence electrons. The number of amides is 2. The first-order chi connectivity index (χ1) is 10.3. The number of carbonyl (C=O) groups excluding carboxylic acids is 1. The number of methoxy groups -OCH3 is 1. The SMILES string of the molecule is COc1ccccc1NC(=O)N1CCC(OCC2CC2)C1. The van der Waals surface area contributed by atoms with E-state index >= 15 is 0 Å². The first kappa shape index (κ1) is 14.2. The molecule has 1 atom stereocenters. The topological polar surface area (TPSA) is 50.8 Å². The van der Waals surface area contributed by atoms with Crippen molar-refractivity contribution in [3.63, 3.8) is 0 Å². The Morgan fingerprint density at radius 2 is 2.14 bits per heavy atom. The summed E-state index contributed by atoms with van der Waals surface area (Å²) in [6.07, 6.45) is 3.70. The Kier molecular flexibility index (Phi) is 4.29. The Morgan fingerprint density at radius 1 is 1.33 bits per heavy atom. The molecule has 2 fully saturated rings. The molecular weight excluding hydrogens is 268 g/mol. The van der Waals surface area contributed by atoms with Gasteiger partial charge in [0.05, 0.1) is 18.9 Å². The third kappa shape index (κ3) is 3.67. The summed E-state index contributed by atoms with van der Waals surface area (Å²) in [4.78, 5) is 14.1. The molecule has 0 aromatic heterocycles. The van der Waals surface area contributed by atoms with Crippen molar-refractivity contribution in [2.45, 2.75) is 25.4 Å². The lowest BCUT2D eigenvalue weighted by molar-refractivity contribution is 0.0542. The normalized spacial score (nSPS) is 21.4. The van der Waals surface area contributed by atoms with E-state index in [1.165, 1.54) is 12.8 Å². The van der Waals surface area contributed by atoms with Crippen LogP contribution in [-0.4, -0.2) is 43.8 Å². The molecule has 2 aliphatic rings. The highest BCUT2D eigenvalue weighted by Gasteiger charge is 2.29. The van der Waals surface area contributed by atoms with Crippen molar-refractivity contribution >= 4 is 11.7 Å². The highest BCUT2D eigenvalue weighted by atomic mass is 16.5. The number of anilines is 1. The van der Waals surface area contributed by atoms with Crippen molar-refractivity contribution in [1.82, 2.24) is 4.90 Å². The fourth-order valence-electron chi connectivity index (χ4n) is 2.55. The van der Waals surface area contributed by atoms with Gasteiger partial charge in [-0.2, -0.15) is 0 Å². The Morgan fingerprint density at radius 3 is 2.90 bits per heavy atom. The van der Waals surface area contributed by atoms with Gasteiger partial charge >= 0.3 is 6.03 Å². The predicted molar refractivity (Wildman–Crippen MR) is 80.7 cm³/mol. The quantitative estimate of drug-likeness (QED) is 0.907. The van der Waals surface area contributed by atoms with Crippen LogP contribution in [0.25, 0.3) is 0 Å². The van der Waals surface area contributed by atoms with E-state index in [0.29, 0.717) is 18.0 Å². The maximum absolute atomic E-state index is 12.3. The molecule has 1 heterocycles. The van der Waals surface area contributed by atoms with Gasteiger partial charge in [0.15, 0.2) is 0 Å². The Labute approximate surface area is 125 Å². The maximum atomic E-state index is 12.3. The number of carbonyl (C=O) groups is 1. The number of rotatable bonds is 5. The summed E-state index contributed by atoms with van der Waals surface area (Å²) in [7, 11) is 1.60. The number of likely N-dealkylation sites (tertiary alicyclic amines) is 1. The molecule has 1 aromatic rings. The van der Waals surface area contributed by atoms with Crippen molar-refractivity contribution < 1.29 is 14.3 Å². The van der Waals surface area contributed by atoms with Gasteiger partial charge < -0.3 is 19.7 Å². The standard InChI is InChI=1S/C16H22N2O3/c1-20-15-5-3-2-4-14(15)17-16(19)18-9-8-13(10-18)21-11-12-6-7-12/h2-5,12-13H,6-11H2,1H3,(H,17,19). The van der Waals surface area contributed by atoms with E-state index in [1.54, 1.807) is 7.11 Å². The second kappa shape index (κ2) is 6.35. The van der Waals surface area contributed by atoms with Crippen LogP contribution >= 0.6 is 0 Å². The largest absolute Gasteiger partial charge is 0.495 e. The van der Waals surface area contributed by atoms with Gasteiger partial charge in [0.1, 0.15) is 5.75 Å². The molecule has 1 saturated heterocycles. The predicted octanol–water partition coefficient (Wildman–Crippen LogP) is 2.73. The van der Waals surface area contributed by atoms with Gasteiger partial charge in [-0.05, 0) is 37.3 Å². The van der Waals surface area contributed by atoms with Gasteiger partial charge in [-0.1, -0.05) is 12.1 Å². The third-order valence-electron chi connectivity index (χ3n) is 4.05. The molecule has 3 rings (SSSR count). The molecule has 1 aromatic carbocycles. The van der Waals surface area contributed by atoms with E-state index in [2.05, 4.69) is 5.32 Å². The lowest BCUT2D eigenvalue weighted by Crippen LogP contribution is -2.34. The van der Waals surface area contributed by atoms with Gasteiger partial charge in [-0.25, -0.2) is 4.79 Å². The fourth-order valence-corrected chi connectivity index (χ4v) is 2.55. The van der Waals surface area contributed by atoms with E-state index in [0.717, 1.165) is 25.5 Å². The molecule has 5 nitrogen and oxygen atoms in total. The first-order valence-electron chi connectivity index (χ1n) is 7.57. The van der Waals surface area contributed by atoms with Crippen LogP contribution in [0.5, 0.6) is 5.75 Å². The molecule has 0 radical (unpaired) electrons. The fraction of sp³-hybridized carbons (Fsp3) is 0.562. The summed E-state index contributed by atoms with van der Waals surface area (Å²) >= 11 is 0. The Balaban J connectivity index is 1.51. The van der Waals surface area contributed by atoms with E-state index in [-0.39, 0.29) is 12.1 Å².